The molecule has 2 N–H and O–H groups in total. The summed E-state index contributed by atoms with van der Waals surface area (Å²) in [4.78, 5) is 12.7. The summed E-state index contributed by atoms with van der Waals surface area (Å²) in [6, 6.07) is 12.8. The highest BCUT2D eigenvalue weighted by atomic mass is 32.2. The lowest BCUT2D eigenvalue weighted by atomic mass is 10.0. The van der Waals surface area contributed by atoms with Crippen molar-refractivity contribution in [3.63, 3.8) is 0 Å². The summed E-state index contributed by atoms with van der Waals surface area (Å²) in [5, 5.41) is 3.07. The van der Waals surface area contributed by atoms with Gasteiger partial charge in [0.05, 0.1) is 4.90 Å². The van der Waals surface area contributed by atoms with E-state index in [1.54, 1.807) is 45.0 Å². The lowest BCUT2D eigenvalue weighted by Crippen LogP contribution is -2.40. The first-order valence-electron chi connectivity index (χ1n) is 10.1. The molecule has 0 atom stereocenters. The largest absolute Gasteiger partial charge is 0.326 e. The minimum Gasteiger partial charge on any atom is -0.326 e. The van der Waals surface area contributed by atoms with Crippen LogP contribution in [0, 0.1) is 0 Å². The molecule has 2 aromatic carbocycles. The van der Waals surface area contributed by atoms with E-state index < -0.39 is 15.6 Å². The summed E-state index contributed by atoms with van der Waals surface area (Å²) < 4.78 is 27.4. The average Bonchev–Trinajstić information content (AvgIpc) is 2.65. The summed E-state index contributed by atoms with van der Waals surface area (Å²) in [7, 11) is -3.55. The fourth-order valence-electron chi connectivity index (χ4n) is 3.16. The molecule has 6 heteroatoms. The van der Waals surface area contributed by atoms with Crippen LogP contribution in [0.2, 0.25) is 0 Å². The molecule has 0 bridgehead atoms. The van der Waals surface area contributed by atoms with Gasteiger partial charge in [-0.3, -0.25) is 4.79 Å². The number of anilines is 1. The zero-order valence-corrected chi connectivity index (χ0v) is 18.8. The van der Waals surface area contributed by atoms with Crippen molar-refractivity contribution in [3.05, 3.63) is 59.2 Å². The van der Waals surface area contributed by atoms with Crippen molar-refractivity contribution in [1.29, 1.82) is 0 Å². The number of hydrogen-bond acceptors (Lipinski definition) is 3. The Morgan fingerprint density at radius 1 is 0.931 bits per heavy atom. The summed E-state index contributed by atoms with van der Waals surface area (Å²) in [6.45, 7) is 9.57. The van der Waals surface area contributed by atoms with Crippen LogP contribution in [-0.2, 0) is 34.1 Å². The van der Waals surface area contributed by atoms with E-state index in [-0.39, 0.29) is 10.8 Å². The number of benzene rings is 2. The molecule has 29 heavy (non-hydrogen) atoms. The van der Waals surface area contributed by atoms with Crippen LogP contribution < -0.4 is 10.0 Å². The Kier molecular flexibility index (Phi) is 7.60. The quantitative estimate of drug-likeness (QED) is 0.667. The summed E-state index contributed by atoms with van der Waals surface area (Å²) in [6.07, 6.45) is 2.62. The van der Waals surface area contributed by atoms with Gasteiger partial charge in [0.15, 0.2) is 0 Å². The van der Waals surface area contributed by atoms with Crippen molar-refractivity contribution in [2.45, 2.75) is 70.7 Å². The molecule has 0 saturated heterocycles. The lowest BCUT2D eigenvalue weighted by Gasteiger charge is -2.20. The Bertz CT molecular complexity index is 921. The lowest BCUT2D eigenvalue weighted by molar-refractivity contribution is -0.116. The fraction of sp³-hybridized carbons (Fsp3) is 0.435. The van der Waals surface area contributed by atoms with Crippen molar-refractivity contribution >= 4 is 21.6 Å². The summed E-state index contributed by atoms with van der Waals surface area (Å²) >= 11 is 0. The SMILES string of the molecule is CCc1cccc(CC)c1NC(=O)CCc1ccc(S(=O)(=O)NC(C)(C)C)cc1. The normalized spacial score (nSPS) is 12.0. The Labute approximate surface area is 175 Å². The highest BCUT2D eigenvalue weighted by Gasteiger charge is 2.21. The van der Waals surface area contributed by atoms with Crippen LogP contribution in [-0.4, -0.2) is 19.9 Å². The van der Waals surface area contributed by atoms with Gasteiger partial charge < -0.3 is 5.32 Å². The molecule has 2 aromatic rings. The van der Waals surface area contributed by atoms with Gasteiger partial charge in [0, 0.05) is 17.6 Å². The van der Waals surface area contributed by atoms with Crippen LogP contribution in [0.3, 0.4) is 0 Å². The predicted molar refractivity (Wildman–Crippen MR) is 119 cm³/mol. The molecule has 0 fully saturated rings. The number of carbonyl (C=O) groups excluding carboxylic acids is 1. The number of sulfonamides is 1. The molecule has 0 aliphatic rings. The van der Waals surface area contributed by atoms with Gasteiger partial charge in [0.25, 0.3) is 0 Å². The summed E-state index contributed by atoms with van der Waals surface area (Å²) in [5.41, 5.74) is 3.59. The molecule has 0 heterocycles. The summed E-state index contributed by atoms with van der Waals surface area (Å²) in [5.74, 6) is -0.0355. The van der Waals surface area contributed by atoms with Gasteiger partial charge in [0.1, 0.15) is 0 Å². The first kappa shape index (κ1) is 23.1. The van der Waals surface area contributed by atoms with Crippen molar-refractivity contribution < 1.29 is 13.2 Å². The first-order chi connectivity index (χ1) is 13.6. The van der Waals surface area contributed by atoms with Gasteiger partial charge >= 0.3 is 0 Å². The maximum Gasteiger partial charge on any atom is 0.241 e. The van der Waals surface area contributed by atoms with E-state index in [0.717, 1.165) is 35.2 Å². The minimum absolute atomic E-state index is 0.0355. The Balaban J connectivity index is 2.02. The smallest absolute Gasteiger partial charge is 0.241 e. The van der Waals surface area contributed by atoms with Crippen LogP contribution in [0.1, 0.15) is 57.7 Å². The Hall–Kier alpha value is -2.18. The number of hydrogen-bond donors (Lipinski definition) is 2. The van der Waals surface area contributed by atoms with Gasteiger partial charge in [-0.15, -0.1) is 0 Å². The molecule has 0 unspecified atom stereocenters. The first-order valence-corrected chi connectivity index (χ1v) is 11.6. The van der Waals surface area contributed by atoms with Crippen molar-refractivity contribution in [2.75, 3.05) is 5.32 Å². The van der Waals surface area contributed by atoms with Crippen molar-refractivity contribution in [2.24, 2.45) is 0 Å². The zero-order valence-electron chi connectivity index (χ0n) is 18.0. The second kappa shape index (κ2) is 9.55. The molecule has 0 spiro atoms. The second-order valence-corrected chi connectivity index (χ2v) is 9.89. The molecule has 0 radical (unpaired) electrons. The molecule has 158 valence electrons. The molecule has 5 nitrogen and oxygen atoms in total. The van der Waals surface area contributed by atoms with E-state index in [1.807, 2.05) is 18.2 Å². The van der Waals surface area contributed by atoms with Crippen LogP contribution >= 0.6 is 0 Å². The number of aryl methyl sites for hydroxylation is 3. The minimum atomic E-state index is -3.55. The van der Waals surface area contributed by atoms with Gasteiger partial charge in [0.2, 0.25) is 15.9 Å². The van der Waals surface area contributed by atoms with Gasteiger partial charge in [-0.1, -0.05) is 44.2 Å². The third kappa shape index (κ3) is 6.68. The zero-order chi connectivity index (χ0) is 21.7. The number of rotatable bonds is 8. The molecular formula is C23H32N2O3S. The number of amides is 1. The predicted octanol–water partition coefficient (Wildman–Crippen LogP) is 4.46. The second-order valence-electron chi connectivity index (χ2n) is 8.21. The monoisotopic (exact) mass is 416 g/mol. The number of nitrogens with one attached hydrogen (secondary N) is 2. The Morgan fingerprint density at radius 3 is 1.97 bits per heavy atom. The Morgan fingerprint density at radius 2 is 1.48 bits per heavy atom. The third-order valence-electron chi connectivity index (χ3n) is 4.58. The molecule has 0 aliphatic carbocycles. The van der Waals surface area contributed by atoms with Gasteiger partial charge in [-0.05, 0) is 68.9 Å². The molecule has 1 amide bonds. The number of carbonyl (C=O) groups is 1. The third-order valence-corrected chi connectivity index (χ3v) is 6.35. The van der Waals surface area contributed by atoms with Gasteiger partial charge in [-0.25, -0.2) is 13.1 Å². The molecule has 2 rings (SSSR count). The van der Waals surface area contributed by atoms with Crippen LogP contribution in [0.25, 0.3) is 0 Å². The maximum absolute atomic E-state index is 12.5. The average molecular weight is 417 g/mol. The van der Waals surface area contributed by atoms with Crippen LogP contribution in [0.15, 0.2) is 47.4 Å². The van der Waals surface area contributed by atoms with E-state index in [0.29, 0.717) is 12.8 Å². The fourth-order valence-corrected chi connectivity index (χ4v) is 4.58. The van der Waals surface area contributed by atoms with Crippen molar-refractivity contribution in [3.8, 4) is 0 Å². The van der Waals surface area contributed by atoms with E-state index >= 15 is 0 Å². The molecular weight excluding hydrogens is 384 g/mol. The van der Waals surface area contributed by atoms with E-state index in [2.05, 4.69) is 23.9 Å². The van der Waals surface area contributed by atoms with Crippen LogP contribution in [0.4, 0.5) is 5.69 Å². The highest BCUT2D eigenvalue weighted by molar-refractivity contribution is 7.89. The number of para-hydroxylation sites is 1. The van der Waals surface area contributed by atoms with Crippen molar-refractivity contribution in [1.82, 2.24) is 4.72 Å². The topological polar surface area (TPSA) is 75.3 Å². The molecule has 0 saturated carbocycles. The molecule has 0 aromatic heterocycles. The molecule has 0 aliphatic heterocycles. The van der Waals surface area contributed by atoms with E-state index in [9.17, 15) is 13.2 Å². The van der Waals surface area contributed by atoms with Gasteiger partial charge in [-0.2, -0.15) is 0 Å². The standard InChI is InChI=1S/C23H32N2O3S/c1-6-18-9-8-10-19(7-2)22(18)24-21(26)16-13-17-11-14-20(15-12-17)29(27,28)25-23(3,4)5/h8-12,14-15,25H,6-7,13,16H2,1-5H3,(H,24,26). The van der Waals surface area contributed by atoms with E-state index in [1.165, 1.54) is 0 Å². The van der Waals surface area contributed by atoms with Crippen LogP contribution in [0.5, 0.6) is 0 Å². The maximum atomic E-state index is 12.5. The van der Waals surface area contributed by atoms with E-state index in [4.69, 9.17) is 0 Å². The highest BCUT2D eigenvalue weighted by Crippen LogP contribution is 2.23.